The van der Waals surface area contributed by atoms with Gasteiger partial charge in [-0.1, -0.05) is 17.8 Å². The van der Waals surface area contributed by atoms with Gasteiger partial charge in [-0.25, -0.2) is 4.98 Å². The molecule has 0 radical (unpaired) electrons. The molecule has 1 aromatic carbocycles. The summed E-state index contributed by atoms with van der Waals surface area (Å²) in [5.41, 5.74) is 7.78. The Morgan fingerprint density at radius 1 is 1.50 bits per heavy atom. The van der Waals surface area contributed by atoms with Crippen molar-refractivity contribution < 1.29 is 0 Å². The van der Waals surface area contributed by atoms with Crippen LogP contribution in [0.5, 0.6) is 0 Å². The van der Waals surface area contributed by atoms with Crippen LogP contribution in [0.15, 0.2) is 27.0 Å². The number of anilines is 1. The van der Waals surface area contributed by atoms with Crippen LogP contribution in [0, 0.1) is 6.92 Å². The number of hydrogen-bond donors (Lipinski definition) is 1. The SMILES string of the molecule is Cc1nsc(SCc2ccc(Br)c(N)c2)n1. The summed E-state index contributed by atoms with van der Waals surface area (Å²) in [5.74, 6) is 1.70. The van der Waals surface area contributed by atoms with Crippen LogP contribution in [-0.2, 0) is 5.75 Å². The number of rotatable bonds is 3. The summed E-state index contributed by atoms with van der Waals surface area (Å²) in [6, 6.07) is 6.00. The maximum absolute atomic E-state index is 5.81. The molecular formula is C10H10BrN3S2. The standard InChI is InChI=1S/C10H10BrN3S2/c1-6-13-10(16-14-6)15-5-7-2-3-8(11)9(12)4-7/h2-4H,5,12H2,1H3. The van der Waals surface area contributed by atoms with Crippen molar-refractivity contribution in [1.82, 2.24) is 9.36 Å². The minimum atomic E-state index is 0.770. The van der Waals surface area contributed by atoms with Gasteiger partial charge in [0.25, 0.3) is 0 Å². The first kappa shape index (κ1) is 11.9. The Hall–Kier alpha value is -0.590. The van der Waals surface area contributed by atoms with Gasteiger partial charge >= 0.3 is 0 Å². The molecule has 0 atom stereocenters. The number of nitrogen functional groups attached to an aromatic ring is 1. The molecule has 0 amide bonds. The van der Waals surface area contributed by atoms with E-state index in [1.54, 1.807) is 11.8 Å². The molecule has 0 bridgehead atoms. The third kappa shape index (κ3) is 2.96. The molecule has 0 aliphatic carbocycles. The fourth-order valence-electron chi connectivity index (χ4n) is 1.16. The van der Waals surface area contributed by atoms with Crippen LogP contribution in [0.25, 0.3) is 0 Å². The quantitative estimate of drug-likeness (QED) is 0.696. The van der Waals surface area contributed by atoms with E-state index in [1.807, 2.05) is 19.1 Å². The Kier molecular flexibility index (Phi) is 3.83. The van der Waals surface area contributed by atoms with Gasteiger partial charge < -0.3 is 5.73 Å². The molecule has 0 unspecified atom stereocenters. The Balaban J connectivity index is 2.02. The second kappa shape index (κ2) is 5.16. The molecule has 2 N–H and O–H groups in total. The van der Waals surface area contributed by atoms with Crippen molar-refractivity contribution in [3.63, 3.8) is 0 Å². The summed E-state index contributed by atoms with van der Waals surface area (Å²) in [5, 5.41) is 0. The Labute approximate surface area is 111 Å². The molecule has 84 valence electrons. The molecule has 1 aromatic heterocycles. The van der Waals surface area contributed by atoms with Crippen LogP contribution in [0.3, 0.4) is 0 Å². The minimum Gasteiger partial charge on any atom is -0.398 e. The van der Waals surface area contributed by atoms with Gasteiger partial charge in [-0.05, 0) is 52.1 Å². The van der Waals surface area contributed by atoms with E-state index in [4.69, 9.17) is 5.73 Å². The van der Waals surface area contributed by atoms with Crippen molar-refractivity contribution in [2.75, 3.05) is 5.73 Å². The Morgan fingerprint density at radius 3 is 2.94 bits per heavy atom. The molecule has 16 heavy (non-hydrogen) atoms. The zero-order chi connectivity index (χ0) is 11.5. The van der Waals surface area contributed by atoms with Crippen molar-refractivity contribution >= 4 is 44.9 Å². The van der Waals surface area contributed by atoms with Crippen LogP contribution in [0.4, 0.5) is 5.69 Å². The van der Waals surface area contributed by atoms with E-state index >= 15 is 0 Å². The molecule has 6 heteroatoms. The molecule has 3 nitrogen and oxygen atoms in total. The lowest BCUT2D eigenvalue weighted by atomic mass is 10.2. The molecule has 2 rings (SSSR count). The number of aryl methyl sites for hydroxylation is 1. The van der Waals surface area contributed by atoms with Gasteiger partial charge in [0.1, 0.15) is 5.82 Å². The normalized spacial score (nSPS) is 10.6. The van der Waals surface area contributed by atoms with Gasteiger partial charge in [-0.3, -0.25) is 0 Å². The minimum absolute atomic E-state index is 0.770. The van der Waals surface area contributed by atoms with Crippen molar-refractivity contribution in [3.05, 3.63) is 34.1 Å². The third-order valence-electron chi connectivity index (χ3n) is 1.93. The molecule has 0 saturated carbocycles. The van der Waals surface area contributed by atoms with E-state index in [9.17, 15) is 0 Å². The topological polar surface area (TPSA) is 51.8 Å². The highest BCUT2D eigenvalue weighted by atomic mass is 79.9. The fraction of sp³-hybridized carbons (Fsp3) is 0.200. The summed E-state index contributed by atoms with van der Waals surface area (Å²) in [6.07, 6.45) is 0. The highest BCUT2D eigenvalue weighted by Crippen LogP contribution is 2.27. The largest absolute Gasteiger partial charge is 0.398 e. The molecule has 0 spiro atoms. The van der Waals surface area contributed by atoms with Crippen LogP contribution in [-0.4, -0.2) is 9.36 Å². The first-order chi connectivity index (χ1) is 7.65. The summed E-state index contributed by atoms with van der Waals surface area (Å²) in [7, 11) is 0. The number of halogens is 1. The van der Waals surface area contributed by atoms with E-state index in [0.29, 0.717) is 0 Å². The summed E-state index contributed by atoms with van der Waals surface area (Å²) >= 11 is 6.50. The van der Waals surface area contributed by atoms with Crippen LogP contribution < -0.4 is 5.73 Å². The van der Waals surface area contributed by atoms with Crippen LogP contribution >= 0.6 is 39.2 Å². The predicted octanol–water partition coefficient (Wildman–Crippen LogP) is 3.48. The maximum Gasteiger partial charge on any atom is 0.170 e. The second-order valence-corrected chi connectivity index (χ2v) is 6.08. The maximum atomic E-state index is 5.81. The van der Waals surface area contributed by atoms with E-state index in [0.717, 1.165) is 26.1 Å². The zero-order valence-electron chi connectivity index (χ0n) is 8.61. The third-order valence-corrected chi connectivity index (χ3v) is 4.65. The van der Waals surface area contributed by atoms with E-state index in [1.165, 1.54) is 17.1 Å². The van der Waals surface area contributed by atoms with Gasteiger partial charge in [-0.15, -0.1) is 0 Å². The number of aromatic nitrogens is 2. The molecule has 2 aromatic rings. The fourth-order valence-corrected chi connectivity index (χ4v) is 3.00. The Bertz CT molecular complexity index is 499. The predicted molar refractivity (Wildman–Crippen MR) is 72.8 cm³/mol. The second-order valence-electron chi connectivity index (χ2n) is 3.25. The smallest absolute Gasteiger partial charge is 0.170 e. The molecule has 0 aliphatic rings. The molecule has 1 heterocycles. The Morgan fingerprint density at radius 2 is 2.31 bits per heavy atom. The highest BCUT2D eigenvalue weighted by Gasteiger charge is 2.03. The van der Waals surface area contributed by atoms with E-state index in [-0.39, 0.29) is 0 Å². The monoisotopic (exact) mass is 315 g/mol. The number of nitrogens with zero attached hydrogens (tertiary/aromatic N) is 2. The lowest BCUT2D eigenvalue weighted by Crippen LogP contribution is -1.89. The first-order valence-corrected chi connectivity index (χ1v) is 7.17. The van der Waals surface area contributed by atoms with Crippen molar-refractivity contribution in [2.24, 2.45) is 0 Å². The molecule has 0 fully saturated rings. The molecule has 0 aliphatic heterocycles. The number of hydrogen-bond acceptors (Lipinski definition) is 5. The number of benzene rings is 1. The zero-order valence-corrected chi connectivity index (χ0v) is 11.8. The first-order valence-electron chi connectivity index (χ1n) is 4.62. The summed E-state index contributed by atoms with van der Waals surface area (Å²) in [4.78, 5) is 4.30. The van der Waals surface area contributed by atoms with Crippen LogP contribution in [0.1, 0.15) is 11.4 Å². The van der Waals surface area contributed by atoms with Gasteiger partial charge in [-0.2, -0.15) is 4.37 Å². The average molecular weight is 316 g/mol. The van der Waals surface area contributed by atoms with Crippen molar-refractivity contribution in [1.29, 1.82) is 0 Å². The molecular weight excluding hydrogens is 306 g/mol. The van der Waals surface area contributed by atoms with Crippen molar-refractivity contribution in [3.8, 4) is 0 Å². The lowest BCUT2D eigenvalue weighted by Gasteiger charge is -2.02. The van der Waals surface area contributed by atoms with Crippen molar-refractivity contribution in [2.45, 2.75) is 17.0 Å². The average Bonchev–Trinajstić information content (AvgIpc) is 2.66. The summed E-state index contributed by atoms with van der Waals surface area (Å²) in [6.45, 7) is 1.90. The molecule has 0 saturated heterocycles. The highest BCUT2D eigenvalue weighted by molar-refractivity contribution is 9.10. The summed E-state index contributed by atoms with van der Waals surface area (Å²) < 4.78 is 6.08. The van der Waals surface area contributed by atoms with Gasteiger partial charge in [0.15, 0.2) is 4.34 Å². The number of nitrogens with two attached hydrogens (primary N) is 1. The lowest BCUT2D eigenvalue weighted by molar-refractivity contribution is 1.10. The van der Waals surface area contributed by atoms with Gasteiger partial charge in [0.05, 0.1) is 0 Å². The van der Waals surface area contributed by atoms with E-state index < -0.39 is 0 Å². The van der Waals surface area contributed by atoms with E-state index in [2.05, 4.69) is 31.4 Å². The number of thioether (sulfide) groups is 1. The van der Waals surface area contributed by atoms with Crippen LogP contribution in [0.2, 0.25) is 0 Å². The van der Waals surface area contributed by atoms with Gasteiger partial charge in [0.2, 0.25) is 0 Å². The van der Waals surface area contributed by atoms with Gasteiger partial charge in [0, 0.05) is 15.9 Å².